The monoisotopic (exact) mass is 529 g/mol. The number of nitrogens with zero attached hydrogens (tertiary/aromatic N) is 5. The highest BCUT2D eigenvalue weighted by atomic mass is 32.1. The third-order valence-electron chi connectivity index (χ3n) is 6.84. The Hall–Kier alpha value is -5.22. The van der Waals surface area contributed by atoms with Gasteiger partial charge in [0.15, 0.2) is 5.65 Å². The molecule has 0 fully saturated rings. The van der Waals surface area contributed by atoms with Crippen molar-refractivity contribution in [3.63, 3.8) is 0 Å². The highest BCUT2D eigenvalue weighted by molar-refractivity contribution is 7.24. The number of carbonyl (C=O) groups excluding carboxylic acids is 1. The predicted octanol–water partition coefficient (Wildman–Crippen LogP) is 6.66. The number of rotatable bonds is 1. The highest BCUT2D eigenvalue weighted by Gasteiger charge is 2.15. The Morgan fingerprint density at radius 1 is 0.897 bits per heavy atom. The fourth-order valence-corrected chi connectivity index (χ4v) is 6.02. The van der Waals surface area contributed by atoms with Gasteiger partial charge in [-0.05, 0) is 42.5 Å². The van der Waals surface area contributed by atoms with Crippen molar-refractivity contribution in [2.75, 3.05) is 0 Å². The van der Waals surface area contributed by atoms with E-state index in [2.05, 4.69) is 25.1 Å². The molecule has 2 aromatic carbocycles. The largest absolute Gasteiger partial charge is 0.336 e. The van der Waals surface area contributed by atoms with Crippen molar-refractivity contribution in [3.8, 4) is 0 Å². The molecule has 8 bridgehead atoms. The molecule has 6 heterocycles. The number of aromatic nitrogens is 7. The Balaban J connectivity index is 1.63. The number of imidazole rings is 1. The molecule has 0 amide bonds. The first-order chi connectivity index (χ1) is 19.1. The second kappa shape index (κ2) is 8.14. The van der Waals surface area contributed by atoms with Gasteiger partial charge in [0.05, 0.1) is 27.4 Å². The van der Waals surface area contributed by atoms with Gasteiger partial charge in [-0.25, -0.2) is 9.37 Å². The molecule has 0 aliphatic rings. The first kappa shape index (κ1) is 21.8. The zero-order chi connectivity index (χ0) is 26.1. The minimum absolute atomic E-state index is 0.228. The van der Waals surface area contributed by atoms with Crippen molar-refractivity contribution in [2.45, 2.75) is 0 Å². The molecule has 0 aliphatic heterocycles. The van der Waals surface area contributed by atoms with Crippen LogP contribution in [0.4, 0.5) is 4.39 Å². The minimum Gasteiger partial charge on any atom is -0.336 e. The Bertz CT molecular complexity index is 2330. The van der Waals surface area contributed by atoms with Crippen LogP contribution in [0.3, 0.4) is 0 Å². The molecule has 0 unspecified atom stereocenters. The molecule has 0 radical (unpaired) electrons. The number of fused-ring (bicyclic) bond motifs is 9. The second-order valence-corrected chi connectivity index (χ2v) is 10.2. The summed E-state index contributed by atoms with van der Waals surface area (Å²) in [6, 6.07) is 19.6. The second-order valence-electron chi connectivity index (χ2n) is 9.17. The van der Waals surface area contributed by atoms with E-state index in [1.807, 2.05) is 36.4 Å². The normalized spacial score (nSPS) is 11.8. The lowest BCUT2D eigenvalue weighted by Crippen LogP contribution is -2.12. The molecule has 0 saturated heterocycles. The number of benzene rings is 2. The number of pyridine rings is 2. The van der Waals surface area contributed by atoms with Gasteiger partial charge in [0.1, 0.15) is 27.2 Å². The quantitative estimate of drug-likeness (QED) is 0.247. The molecule has 8 aromatic rings. The maximum atomic E-state index is 15.4. The van der Waals surface area contributed by atoms with Crippen molar-refractivity contribution in [1.82, 2.24) is 34.7 Å². The number of halogens is 1. The molecule has 6 aromatic heterocycles. The molecule has 0 aliphatic carbocycles. The van der Waals surface area contributed by atoms with Gasteiger partial charge in [-0.15, -0.1) is 11.3 Å². The molecular weight excluding hydrogens is 513 g/mol. The van der Waals surface area contributed by atoms with Gasteiger partial charge in [0.25, 0.3) is 5.91 Å². The van der Waals surface area contributed by atoms with Gasteiger partial charge in [-0.2, -0.15) is 5.10 Å². The van der Waals surface area contributed by atoms with Gasteiger partial charge in [-0.1, -0.05) is 18.2 Å². The average molecular weight is 530 g/mol. The van der Waals surface area contributed by atoms with Crippen LogP contribution in [-0.4, -0.2) is 40.6 Å². The van der Waals surface area contributed by atoms with E-state index in [-0.39, 0.29) is 5.91 Å². The summed E-state index contributed by atoms with van der Waals surface area (Å²) < 4.78 is 17.9. The Morgan fingerprint density at radius 3 is 2.69 bits per heavy atom. The third kappa shape index (κ3) is 3.32. The third-order valence-corrected chi connectivity index (χ3v) is 7.92. The molecule has 186 valence electrons. The maximum absolute atomic E-state index is 15.4. The molecule has 39 heavy (non-hydrogen) atoms. The number of nitrogens with one attached hydrogen (secondary N) is 2. The standard InChI is InChI=1S/C29H16FN7OS/c30-20-12-22-19-11-18(20)16-10-17(14-31-13-16)37(29(38)15-4-2-1-3-5-15)24-7-6-23(39-24)27-26-21(8-9-32-27)33-28(34-26)25(19)36-35-22/h1-14H,(H,33,34)(H,35,36). The Morgan fingerprint density at radius 2 is 1.79 bits per heavy atom. The van der Waals surface area contributed by atoms with Crippen molar-refractivity contribution in [3.05, 3.63) is 96.7 Å². The van der Waals surface area contributed by atoms with E-state index in [0.29, 0.717) is 59.8 Å². The van der Waals surface area contributed by atoms with Crippen LogP contribution >= 0.6 is 11.3 Å². The van der Waals surface area contributed by atoms with Crippen LogP contribution in [0, 0.1) is 5.82 Å². The average Bonchev–Trinajstić information content (AvgIpc) is 3.71. The van der Waals surface area contributed by atoms with E-state index < -0.39 is 5.82 Å². The molecule has 8 nitrogen and oxygen atoms in total. The van der Waals surface area contributed by atoms with Crippen molar-refractivity contribution >= 4 is 81.7 Å². The van der Waals surface area contributed by atoms with E-state index in [4.69, 9.17) is 4.98 Å². The highest BCUT2D eigenvalue weighted by Crippen LogP contribution is 2.31. The predicted molar refractivity (Wildman–Crippen MR) is 151 cm³/mol. The zero-order valence-electron chi connectivity index (χ0n) is 20.0. The number of hydrogen-bond donors (Lipinski definition) is 2. The lowest BCUT2D eigenvalue weighted by Gasteiger charge is -2.08. The van der Waals surface area contributed by atoms with E-state index >= 15 is 4.39 Å². The number of thiophene rings is 1. The van der Waals surface area contributed by atoms with Gasteiger partial charge in [0.2, 0.25) is 0 Å². The van der Waals surface area contributed by atoms with Crippen LogP contribution in [0.1, 0.15) is 10.4 Å². The minimum atomic E-state index is -0.434. The number of aromatic amines is 2. The SMILES string of the molecule is O=C(c1ccccc1)n1c2cncc(c2)c2cc3c(cc2F)[nH]nc3c2nc3c(ccnc3c3ccc1s3)[nH]2. The Kier molecular flexibility index (Phi) is 4.55. The number of hydrogen-bond acceptors (Lipinski definition) is 6. The lowest BCUT2D eigenvalue weighted by atomic mass is 10.1. The first-order valence-corrected chi connectivity index (χ1v) is 12.9. The van der Waals surface area contributed by atoms with E-state index in [9.17, 15) is 4.79 Å². The maximum Gasteiger partial charge on any atom is 0.263 e. The lowest BCUT2D eigenvalue weighted by molar-refractivity contribution is 0.0969. The summed E-state index contributed by atoms with van der Waals surface area (Å²) >= 11 is 1.42. The van der Waals surface area contributed by atoms with Gasteiger partial charge in [0, 0.05) is 40.2 Å². The van der Waals surface area contributed by atoms with Gasteiger partial charge >= 0.3 is 0 Å². The number of carbonyl (C=O) groups is 1. The molecule has 8 rings (SSSR count). The summed E-state index contributed by atoms with van der Waals surface area (Å²) in [4.78, 5) is 31.8. The van der Waals surface area contributed by atoms with Gasteiger partial charge < -0.3 is 4.98 Å². The van der Waals surface area contributed by atoms with E-state index in [1.165, 1.54) is 17.4 Å². The molecule has 2 N–H and O–H groups in total. The number of H-pyrrole nitrogens is 2. The fourth-order valence-electron chi connectivity index (χ4n) is 4.99. The van der Waals surface area contributed by atoms with E-state index in [0.717, 1.165) is 10.2 Å². The molecule has 10 heteroatoms. The summed E-state index contributed by atoms with van der Waals surface area (Å²) in [6.07, 6.45) is 4.92. The van der Waals surface area contributed by atoms with Crippen molar-refractivity contribution in [2.24, 2.45) is 0 Å². The van der Waals surface area contributed by atoms with Crippen LogP contribution in [-0.2, 0) is 0 Å². The summed E-state index contributed by atoms with van der Waals surface area (Å²) in [7, 11) is 0. The van der Waals surface area contributed by atoms with Crippen LogP contribution in [0.5, 0.6) is 0 Å². The summed E-state index contributed by atoms with van der Waals surface area (Å²) in [5.41, 5.74) is 4.85. The van der Waals surface area contributed by atoms with Crippen LogP contribution in [0.15, 0.2) is 85.3 Å². The first-order valence-electron chi connectivity index (χ1n) is 12.1. The summed E-state index contributed by atoms with van der Waals surface area (Å²) in [5.74, 6) is -0.662. The van der Waals surface area contributed by atoms with Gasteiger partial charge in [-0.3, -0.25) is 24.4 Å². The topological polar surface area (TPSA) is 105 Å². The zero-order valence-corrected chi connectivity index (χ0v) is 20.8. The fraction of sp³-hybridized carbons (Fsp3) is 0. The van der Waals surface area contributed by atoms with Crippen molar-refractivity contribution < 1.29 is 9.18 Å². The van der Waals surface area contributed by atoms with Crippen LogP contribution in [0.25, 0.3) is 64.4 Å². The summed E-state index contributed by atoms with van der Waals surface area (Å²) in [5, 5.41) is 8.95. The van der Waals surface area contributed by atoms with E-state index in [1.54, 1.807) is 47.4 Å². The Labute approximate surface area is 222 Å². The van der Waals surface area contributed by atoms with Crippen molar-refractivity contribution in [1.29, 1.82) is 0 Å². The molecule has 0 atom stereocenters. The molecular formula is C29H16FN7OS. The summed E-state index contributed by atoms with van der Waals surface area (Å²) in [6.45, 7) is 0. The molecule has 0 saturated carbocycles. The smallest absolute Gasteiger partial charge is 0.263 e. The van der Waals surface area contributed by atoms with Crippen LogP contribution in [0.2, 0.25) is 0 Å². The van der Waals surface area contributed by atoms with Crippen LogP contribution < -0.4 is 0 Å². The molecule has 0 spiro atoms.